The number of nitrogens with one attached hydrogen (secondary N) is 1. The maximum absolute atomic E-state index is 13.1. The van der Waals surface area contributed by atoms with E-state index in [1.807, 2.05) is 30.3 Å². The number of nitrogens with two attached hydrogens (primary N) is 1. The number of amides is 1. The smallest absolute Gasteiger partial charge is 0.252 e. The SMILES string of the molecule is NS(=O)(=O)c1ccc(CCNC(=O)c2cc(-c3cccnc3)nc3ccc(Br)cc23)cc1. The molecule has 162 valence electrons. The predicted octanol–water partition coefficient (Wildman–Crippen LogP) is 3.68. The number of fused-ring (bicyclic) bond motifs is 1. The first-order valence-corrected chi connectivity index (χ1v) is 12.1. The van der Waals surface area contributed by atoms with Crippen LogP contribution in [0.3, 0.4) is 0 Å². The average molecular weight is 511 g/mol. The van der Waals surface area contributed by atoms with E-state index in [9.17, 15) is 13.2 Å². The Morgan fingerprint density at radius 3 is 2.53 bits per heavy atom. The van der Waals surface area contributed by atoms with Crippen LogP contribution < -0.4 is 10.5 Å². The number of halogens is 1. The van der Waals surface area contributed by atoms with E-state index in [1.165, 1.54) is 12.1 Å². The molecule has 3 N–H and O–H groups in total. The van der Waals surface area contributed by atoms with Crippen molar-refractivity contribution in [3.05, 3.63) is 88.7 Å². The van der Waals surface area contributed by atoms with Crippen LogP contribution in [0.4, 0.5) is 0 Å². The van der Waals surface area contributed by atoms with Crippen LogP contribution in [0.2, 0.25) is 0 Å². The quantitative estimate of drug-likeness (QED) is 0.410. The Morgan fingerprint density at radius 1 is 1.06 bits per heavy atom. The van der Waals surface area contributed by atoms with Crippen LogP contribution in [-0.4, -0.2) is 30.8 Å². The molecule has 0 atom stereocenters. The van der Waals surface area contributed by atoms with E-state index in [1.54, 1.807) is 30.6 Å². The zero-order valence-electron chi connectivity index (χ0n) is 16.8. The van der Waals surface area contributed by atoms with Crippen molar-refractivity contribution in [1.82, 2.24) is 15.3 Å². The normalized spacial score (nSPS) is 11.4. The zero-order valence-corrected chi connectivity index (χ0v) is 19.2. The molecule has 9 heteroatoms. The summed E-state index contributed by atoms with van der Waals surface area (Å²) in [4.78, 5) is 21.9. The van der Waals surface area contributed by atoms with Gasteiger partial charge in [-0.25, -0.2) is 18.5 Å². The Kier molecular flexibility index (Phi) is 6.31. The monoisotopic (exact) mass is 510 g/mol. The molecule has 0 bridgehead atoms. The molecule has 0 saturated carbocycles. The third-order valence-corrected chi connectivity index (χ3v) is 6.35. The van der Waals surface area contributed by atoms with Gasteiger partial charge in [0.15, 0.2) is 0 Å². The molecule has 0 aliphatic carbocycles. The van der Waals surface area contributed by atoms with Gasteiger partial charge in [-0.15, -0.1) is 0 Å². The molecule has 0 aliphatic heterocycles. The van der Waals surface area contributed by atoms with E-state index < -0.39 is 10.0 Å². The molecule has 0 radical (unpaired) electrons. The minimum Gasteiger partial charge on any atom is -0.352 e. The number of sulfonamides is 1. The Balaban J connectivity index is 1.56. The van der Waals surface area contributed by atoms with Crippen molar-refractivity contribution in [2.24, 2.45) is 5.14 Å². The lowest BCUT2D eigenvalue weighted by molar-refractivity contribution is 0.0955. The second-order valence-corrected chi connectivity index (χ2v) is 9.63. The lowest BCUT2D eigenvalue weighted by Crippen LogP contribution is -2.26. The highest BCUT2D eigenvalue weighted by Gasteiger charge is 2.15. The maximum Gasteiger partial charge on any atom is 0.252 e. The van der Waals surface area contributed by atoms with Crippen molar-refractivity contribution in [1.29, 1.82) is 0 Å². The van der Waals surface area contributed by atoms with E-state index in [4.69, 9.17) is 5.14 Å². The number of hydrogen-bond acceptors (Lipinski definition) is 5. The molecule has 0 unspecified atom stereocenters. The second kappa shape index (κ2) is 9.15. The summed E-state index contributed by atoms with van der Waals surface area (Å²) in [5, 5.41) is 8.80. The van der Waals surface area contributed by atoms with Gasteiger partial charge in [0.05, 0.1) is 21.7 Å². The molecule has 2 aromatic heterocycles. The highest BCUT2D eigenvalue weighted by atomic mass is 79.9. The van der Waals surface area contributed by atoms with Gasteiger partial charge in [0.2, 0.25) is 10.0 Å². The van der Waals surface area contributed by atoms with Crippen molar-refractivity contribution in [3.63, 3.8) is 0 Å². The van der Waals surface area contributed by atoms with Gasteiger partial charge < -0.3 is 5.32 Å². The number of aromatic nitrogens is 2. The number of benzene rings is 2. The molecule has 2 heterocycles. The van der Waals surface area contributed by atoms with Crippen LogP contribution in [0, 0.1) is 0 Å². The first-order chi connectivity index (χ1) is 15.3. The van der Waals surface area contributed by atoms with Crippen LogP contribution in [0.15, 0.2) is 82.4 Å². The molecule has 4 aromatic rings. The molecule has 0 spiro atoms. The summed E-state index contributed by atoms with van der Waals surface area (Å²) in [6.07, 6.45) is 3.93. The summed E-state index contributed by atoms with van der Waals surface area (Å²) in [6, 6.07) is 17.4. The van der Waals surface area contributed by atoms with Crippen LogP contribution in [0.5, 0.6) is 0 Å². The first-order valence-electron chi connectivity index (χ1n) is 9.72. The van der Waals surface area contributed by atoms with Crippen molar-refractivity contribution in [2.75, 3.05) is 6.54 Å². The van der Waals surface area contributed by atoms with Crippen LogP contribution in [-0.2, 0) is 16.4 Å². The first kappa shape index (κ1) is 22.1. The number of nitrogens with zero attached hydrogens (tertiary/aromatic N) is 2. The molecule has 1 amide bonds. The number of carbonyl (C=O) groups is 1. The van der Waals surface area contributed by atoms with Crippen molar-refractivity contribution < 1.29 is 13.2 Å². The van der Waals surface area contributed by atoms with Crippen molar-refractivity contribution in [2.45, 2.75) is 11.3 Å². The minimum absolute atomic E-state index is 0.0575. The molecule has 0 fully saturated rings. The van der Waals surface area contributed by atoms with E-state index in [0.29, 0.717) is 29.7 Å². The molecule has 32 heavy (non-hydrogen) atoms. The summed E-state index contributed by atoms with van der Waals surface area (Å²) < 4.78 is 23.6. The third kappa shape index (κ3) is 5.01. The lowest BCUT2D eigenvalue weighted by Gasteiger charge is -2.11. The standard InChI is InChI=1S/C23H19BrN4O3S/c24-17-5-8-21-19(12-17)20(13-22(28-21)16-2-1-10-26-14-16)23(29)27-11-9-15-3-6-18(7-4-15)32(25,30)31/h1-8,10,12-14H,9,11H2,(H,27,29)(H2,25,30,31). The van der Waals surface area contributed by atoms with E-state index in [0.717, 1.165) is 21.0 Å². The highest BCUT2D eigenvalue weighted by Crippen LogP contribution is 2.27. The average Bonchev–Trinajstić information content (AvgIpc) is 2.78. The third-order valence-electron chi connectivity index (χ3n) is 4.92. The number of pyridine rings is 2. The Bertz CT molecular complexity index is 1390. The van der Waals surface area contributed by atoms with Crippen LogP contribution in [0.25, 0.3) is 22.2 Å². The summed E-state index contributed by atoms with van der Waals surface area (Å²) >= 11 is 3.46. The molecule has 0 aliphatic rings. The minimum atomic E-state index is -3.72. The maximum atomic E-state index is 13.1. The van der Waals surface area contributed by atoms with Gasteiger partial charge in [0.1, 0.15) is 0 Å². The number of primary sulfonamides is 1. The topological polar surface area (TPSA) is 115 Å². The molecular weight excluding hydrogens is 492 g/mol. The summed E-state index contributed by atoms with van der Waals surface area (Å²) in [7, 11) is -3.72. The van der Waals surface area contributed by atoms with E-state index in [2.05, 4.69) is 31.2 Å². The van der Waals surface area contributed by atoms with E-state index in [-0.39, 0.29) is 10.8 Å². The largest absolute Gasteiger partial charge is 0.352 e. The number of carbonyl (C=O) groups excluding carboxylic acids is 1. The molecular formula is C23H19BrN4O3S. The Labute approximate surface area is 193 Å². The summed E-state index contributed by atoms with van der Waals surface area (Å²) in [5.74, 6) is -0.221. The van der Waals surface area contributed by atoms with Gasteiger partial charge in [0.25, 0.3) is 5.91 Å². The second-order valence-electron chi connectivity index (χ2n) is 7.15. The fraction of sp³-hybridized carbons (Fsp3) is 0.0870. The molecule has 7 nitrogen and oxygen atoms in total. The Hall–Kier alpha value is -3.14. The van der Waals surface area contributed by atoms with Gasteiger partial charge in [-0.1, -0.05) is 28.1 Å². The molecule has 4 rings (SSSR count). The summed E-state index contributed by atoms with van der Waals surface area (Å²) in [5.41, 5.74) is 3.59. The van der Waals surface area contributed by atoms with Gasteiger partial charge >= 0.3 is 0 Å². The number of rotatable bonds is 6. The molecule has 0 saturated heterocycles. The highest BCUT2D eigenvalue weighted by molar-refractivity contribution is 9.10. The van der Waals surface area contributed by atoms with Crippen molar-refractivity contribution in [3.8, 4) is 11.3 Å². The van der Waals surface area contributed by atoms with Gasteiger partial charge in [0, 0.05) is 34.4 Å². The lowest BCUT2D eigenvalue weighted by atomic mass is 10.0. The van der Waals surface area contributed by atoms with Gasteiger partial charge in [-0.05, 0) is 60.5 Å². The fourth-order valence-corrected chi connectivity index (χ4v) is 4.19. The predicted molar refractivity (Wildman–Crippen MR) is 127 cm³/mol. The van der Waals surface area contributed by atoms with E-state index >= 15 is 0 Å². The van der Waals surface area contributed by atoms with Crippen molar-refractivity contribution >= 4 is 42.8 Å². The number of hydrogen-bond donors (Lipinski definition) is 2. The summed E-state index contributed by atoms with van der Waals surface area (Å²) in [6.45, 7) is 0.383. The zero-order chi connectivity index (χ0) is 22.7. The van der Waals surface area contributed by atoms with Gasteiger partial charge in [-0.2, -0.15) is 0 Å². The van der Waals surface area contributed by atoms with Crippen LogP contribution >= 0.6 is 15.9 Å². The van der Waals surface area contributed by atoms with Gasteiger partial charge in [-0.3, -0.25) is 9.78 Å². The Morgan fingerprint density at radius 2 is 1.84 bits per heavy atom. The fourth-order valence-electron chi connectivity index (χ4n) is 3.31. The van der Waals surface area contributed by atoms with Crippen LogP contribution in [0.1, 0.15) is 15.9 Å². The molecule has 2 aromatic carbocycles.